The van der Waals surface area contributed by atoms with Crippen LogP contribution in [0.5, 0.6) is 0 Å². The number of nitrogens with zero attached hydrogens (tertiary/aromatic N) is 1. The molecule has 0 spiro atoms. The summed E-state index contributed by atoms with van der Waals surface area (Å²) in [6.07, 6.45) is 0.570. The van der Waals surface area contributed by atoms with Gasteiger partial charge in [-0.2, -0.15) is 0 Å². The number of halogens is 1. The molecule has 2 amide bonds. The number of hydrogen-bond acceptors (Lipinski definition) is 4. The molecule has 1 aromatic carbocycles. The fourth-order valence-corrected chi connectivity index (χ4v) is 3.23. The van der Waals surface area contributed by atoms with Crippen molar-refractivity contribution in [2.75, 3.05) is 13.2 Å². The fraction of sp³-hybridized carbons (Fsp3) is 0.467. The first-order valence-electron chi connectivity index (χ1n) is 7.28. The van der Waals surface area contributed by atoms with Crippen molar-refractivity contribution in [3.63, 3.8) is 0 Å². The number of amides is 2. The Hall–Kier alpha value is -1.63. The van der Waals surface area contributed by atoms with Crippen LogP contribution < -0.4 is 10.6 Å². The summed E-state index contributed by atoms with van der Waals surface area (Å²) in [5.41, 5.74) is 0.984. The van der Waals surface area contributed by atoms with Crippen molar-refractivity contribution in [2.24, 2.45) is 0 Å². The Labute approximate surface area is 133 Å². The maximum Gasteiger partial charge on any atom is 0.248 e. The number of aliphatic hydroxyl groups excluding tert-OH is 1. The molecule has 0 radical (unpaired) electrons. The highest BCUT2D eigenvalue weighted by Crippen LogP contribution is 2.23. The molecule has 0 aromatic heterocycles. The first-order chi connectivity index (χ1) is 10.6. The second-order valence-electron chi connectivity index (χ2n) is 5.66. The molecule has 0 aliphatic carbocycles. The van der Waals surface area contributed by atoms with E-state index >= 15 is 0 Å². The van der Waals surface area contributed by atoms with Gasteiger partial charge in [0, 0.05) is 24.2 Å². The van der Waals surface area contributed by atoms with Crippen molar-refractivity contribution < 1.29 is 14.7 Å². The molecule has 6 nitrogen and oxygen atoms in total. The molecule has 22 heavy (non-hydrogen) atoms. The number of piperazine rings is 1. The maximum absolute atomic E-state index is 12.2. The lowest BCUT2D eigenvalue weighted by molar-refractivity contribution is -0.148. The van der Waals surface area contributed by atoms with Crippen LogP contribution in [0.4, 0.5) is 0 Å². The van der Waals surface area contributed by atoms with Crippen LogP contribution in [0, 0.1) is 0 Å². The molecule has 3 rings (SSSR count). The predicted octanol–water partition coefficient (Wildman–Crippen LogP) is -0.110. The molecule has 2 fully saturated rings. The van der Waals surface area contributed by atoms with Crippen molar-refractivity contribution in [1.82, 2.24) is 15.5 Å². The van der Waals surface area contributed by atoms with Gasteiger partial charge in [0.25, 0.3) is 0 Å². The van der Waals surface area contributed by atoms with E-state index in [4.69, 9.17) is 16.7 Å². The Morgan fingerprint density at radius 1 is 1.36 bits per heavy atom. The van der Waals surface area contributed by atoms with Gasteiger partial charge in [0.15, 0.2) is 0 Å². The highest BCUT2D eigenvalue weighted by Gasteiger charge is 2.45. The van der Waals surface area contributed by atoms with Crippen molar-refractivity contribution in [3.8, 4) is 0 Å². The van der Waals surface area contributed by atoms with Gasteiger partial charge in [0.2, 0.25) is 11.8 Å². The van der Waals surface area contributed by atoms with Crippen LogP contribution in [0.2, 0.25) is 5.02 Å². The highest BCUT2D eigenvalue weighted by molar-refractivity contribution is 6.31. The quantitative estimate of drug-likeness (QED) is 0.722. The molecule has 118 valence electrons. The van der Waals surface area contributed by atoms with Gasteiger partial charge in [0.05, 0.1) is 6.61 Å². The van der Waals surface area contributed by atoms with Crippen molar-refractivity contribution in [1.29, 1.82) is 0 Å². The number of aliphatic hydroxyl groups is 1. The summed E-state index contributed by atoms with van der Waals surface area (Å²) in [4.78, 5) is 25.7. The summed E-state index contributed by atoms with van der Waals surface area (Å²) < 4.78 is 0. The number of benzene rings is 1. The third kappa shape index (κ3) is 2.82. The largest absolute Gasteiger partial charge is 0.394 e. The van der Waals surface area contributed by atoms with Gasteiger partial charge < -0.3 is 20.6 Å². The van der Waals surface area contributed by atoms with E-state index in [1.165, 1.54) is 0 Å². The average Bonchev–Trinajstić information content (AvgIpc) is 2.95. The van der Waals surface area contributed by atoms with Gasteiger partial charge in [-0.15, -0.1) is 0 Å². The molecule has 3 atom stereocenters. The Bertz CT molecular complexity index is 595. The Morgan fingerprint density at radius 2 is 2.14 bits per heavy atom. The average molecular weight is 324 g/mol. The minimum Gasteiger partial charge on any atom is -0.394 e. The van der Waals surface area contributed by atoms with Crippen molar-refractivity contribution in [3.05, 3.63) is 34.9 Å². The van der Waals surface area contributed by atoms with Gasteiger partial charge in [-0.1, -0.05) is 29.8 Å². The molecular weight excluding hydrogens is 306 g/mol. The van der Waals surface area contributed by atoms with Crippen LogP contribution in [0.1, 0.15) is 12.0 Å². The van der Waals surface area contributed by atoms with Crippen molar-refractivity contribution >= 4 is 23.4 Å². The first-order valence-corrected chi connectivity index (χ1v) is 7.66. The lowest BCUT2D eigenvalue weighted by Crippen LogP contribution is -2.62. The molecule has 1 aromatic rings. The van der Waals surface area contributed by atoms with E-state index in [1.807, 2.05) is 24.3 Å². The molecular formula is C15H18ClN3O3. The van der Waals surface area contributed by atoms with E-state index in [2.05, 4.69) is 10.6 Å². The Kier molecular flexibility index (Phi) is 4.33. The van der Waals surface area contributed by atoms with Gasteiger partial charge in [-0.25, -0.2) is 0 Å². The summed E-state index contributed by atoms with van der Waals surface area (Å²) in [5.74, 6) is -0.408. The monoisotopic (exact) mass is 323 g/mol. The lowest BCUT2D eigenvalue weighted by atomic mass is 10.1. The highest BCUT2D eigenvalue weighted by atomic mass is 35.5. The van der Waals surface area contributed by atoms with E-state index in [0.29, 0.717) is 24.5 Å². The molecule has 0 unspecified atom stereocenters. The van der Waals surface area contributed by atoms with Crippen LogP contribution in [0.25, 0.3) is 0 Å². The van der Waals surface area contributed by atoms with E-state index in [1.54, 1.807) is 4.90 Å². The lowest BCUT2D eigenvalue weighted by Gasteiger charge is -2.33. The molecule has 2 aliphatic heterocycles. The minimum atomic E-state index is -0.814. The zero-order valence-corrected chi connectivity index (χ0v) is 12.7. The standard InChI is InChI=1S/C15H18ClN3O3/c16-11-4-2-1-3-9(11)6-17-10-5-13-14(21)18-12(8-20)15(22)19(13)7-10/h1-4,10,12-13,17,20H,5-8H2,(H,18,21)/t10-,12-,13-/m0/s1. The normalized spacial score (nSPS) is 27.7. The SMILES string of the molecule is O=C1N[C@@H](CO)C(=O)N2C[C@@H](NCc3ccccc3Cl)C[C@@H]12. The summed E-state index contributed by atoms with van der Waals surface area (Å²) in [7, 11) is 0. The summed E-state index contributed by atoms with van der Waals surface area (Å²) >= 11 is 6.12. The number of rotatable bonds is 4. The van der Waals surface area contributed by atoms with Gasteiger partial charge in [-0.05, 0) is 18.1 Å². The molecule has 2 saturated heterocycles. The Balaban J connectivity index is 1.63. The molecule has 3 N–H and O–H groups in total. The number of carbonyl (C=O) groups excluding carboxylic acids is 2. The van der Waals surface area contributed by atoms with E-state index in [-0.39, 0.29) is 24.5 Å². The number of hydrogen-bond donors (Lipinski definition) is 3. The fourth-order valence-electron chi connectivity index (χ4n) is 3.03. The maximum atomic E-state index is 12.2. The van der Waals surface area contributed by atoms with Gasteiger partial charge in [-0.3, -0.25) is 9.59 Å². The van der Waals surface area contributed by atoms with Crippen molar-refractivity contribution in [2.45, 2.75) is 31.1 Å². The molecule has 0 bridgehead atoms. The molecule has 2 aliphatic rings. The van der Waals surface area contributed by atoms with E-state index in [9.17, 15) is 9.59 Å². The summed E-state index contributed by atoms with van der Waals surface area (Å²) in [5, 5.41) is 15.8. The third-order valence-electron chi connectivity index (χ3n) is 4.22. The first kappa shape index (κ1) is 15.3. The van der Waals surface area contributed by atoms with Crippen LogP contribution >= 0.6 is 11.6 Å². The van der Waals surface area contributed by atoms with Gasteiger partial charge >= 0.3 is 0 Å². The van der Waals surface area contributed by atoms with Gasteiger partial charge in [0.1, 0.15) is 12.1 Å². The topological polar surface area (TPSA) is 81.7 Å². The van der Waals surface area contributed by atoms with E-state index in [0.717, 1.165) is 5.56 Å². The van der Waals surface area contributed by atoms with Crippen LogP contribution in [0.15, 0.2) is 24.3 Å². The molecule has 2 heterocycles. The second kappa shape index (κ2) is 6.24. The summed E-state index contributed by atoms with van der Waals surface area (Å²) in [6.45, 7) is 0.688. The zero-order valence-electron chi connectivity index (χ0n) is 12.0. The third-order valence-corrected chi connectivity index (χ3v) is 4.59. The molecule has 7 heteroatoms. The second-order valence-corrected chi connectivity index (χ2v) is 6.06. The summed E-state index contributed by atoms with van der Waals surface area (Å²) in [6, 6.07) is 6.35. The molecule has 0 saturated carbocycles. The smallest absolute Gasteiger partial charge is 0.248 e. The number of nitrogens with one attached hydrogen (secondary N) is 2. The van der Waals surface area contributed by atoms with E-state index < -0.39 is 12.1 Å². The van der Waals surface area contributed by atoms with Crippen LogP contribution in [-0.2, 0) is 16.1 Å². The number of carbonyl (C=O) groups is 2. The minimum absolute atomic E-state index is 0.0356. The zero-order chi connectivity index (χ0) is 15.7. The predicted molar refractivity (Wildman–Crippen MR) is 81.2 cm³/mol. The number of fused-ring (bicyclic) bond motifs is 1. The van der Waals surface area contributed by atoms with Crippen LogP contribution in [0.3, 0.4) is 0 Å². The Morgan fingerprint density at radius 3 is 2.86 bits per heavy atom. The van der Waals surface area contributed by atoms with Crippen LogP contribution in [-0.4, -0.2) is 53.1 Å².